The summed E-state index contributed by atoms with van der Waals surface area (Å²) in [7, 11) is 1.30. The van der Waals surface area contributed by atoms with Gasteiger partial charge in [-0.3, -0.25) is 4.79 Å². The van der Waals surface area contributed by atoms with Crippen LogP contribution in [0.3, 0.4) is 0 Å². The van der Waals surface area contributed by atoms with Gasteiger partial charge in [0.2, 0.25) is 0 Å². The molecule has 0 N–H and O–H groups in total. The van der Waals surface area contributed by atoms with Gasteiger partial charge in [-0.15, -0.1) is 0 Å². The standard InChI is InChI=1S/C11H14N2O4/c1-8(17-9(2)14)13-6-10(12-7-13)4-5-11(15)16-3/h4-8H,1-3H3/b5-4+. The van der Waals surface area contributed by atoms with Crippen LogP contribution in [0.5, 0.6) is 0 Å². The largest absolute Gasteiger partial charge is 0.466 e. The van der Waals surface area contributed by atoms with Gasteiger partial charge < -0.3 is 14.0 Å². The minimum atomic E-state index is -0.451. The van der Waals surface area contributed by atoms with E-state index in [1.165, 1.54) is 32.5 Å². The molecule has 0 spiro atoms. The zero-order valence-corrected chi connectivity index (χ0v) is 9.91. The first-order chi connectivity index (χ1) is 8.02. The highest BCUT2D eigenvalue weighted by Gasteiger charge is 2.07. The molecule has 0 amide bonds. The lowest BCUT2D eigenvalue weighted by molar-refractivity contribution is -0.149. The number of nitrogens with zero attached hydrogens (tertiary/aromatic N) is 2. The summed E-state index contributed by atoms with van der Waals surface area (Å²) >= 11 is 0. The van der Waals surface area contributed by atoms with Crippen molar-refractivity contribution < 1.29 is 19.1 Å². The fourth-order valence-electron chi connectivity index (χ4n) is 1.16. The zero-order valence-electron chi connectivity index (χ0n) is 9.91. The van der Waals surface area contributed by atoms with Crippen molar-refractivity contribution in [3.63, 3.8) is 0 Å². The normalized spacial score (nSPS) is 12.4. The van der Waals surface area contributed by atoms with E-state index in [1.54, 1.807) is 17.7 Å². The van der Waals surface area contributed by atoms with E-state index in [1.807, 2.05) is 0 Å². The van der Waals surface area contributed by atoms with Gasteiger partial charge in [-0.1, -0.05) is 0 Å². The van der Waals surface area contributed by atoms with Crippen LogP contribution >= 0.6 is 0 Å². The molecule has 0 aliphatic heterocycles. The van der Waals surface area contributed by atoms with E-state index in [9.17, 15) is 9.59 Å². The van der Waals surface area contributed by atoms with Crippen LogP contribution in [0.15, 0.2) is 18.6 Å². The summed E-state index contributed by atoms with van der Waals surface area (Å²) in [6.45, 7) is 3.06. The van der Waals surface area contributed by atoms with Crippen LogP contribution in [0.25, 0.3) is 6.08 Å². The third kappa shape index (κ3) is 4.10. The summed E-state index contributed by atoms with van der Waals surface area (Å²) in [5.74, 6) is -0.814. The molecular formula is C11H14N2O4. The number of aromatic nitrogens is 2. The van der Waals surface area contributed by atoms with Gasteiger partial charge in [0, 0.05) is 19.2 Å². The Bertz CT molecular complexity index is 436. The first-order valence-corrected chi connectivity index (χ1v) is 4.99. The van der Waals surface area contributed by atoms with Crippen molar-refractivity contribution in [1.82, 2.24) is 9.55 Å². The Balaban J connectivity index is 2.68. The smallest absolute Gasteiger partial charge is 0.330 e. The fraction of sp³-hybridized carbons (Fsp3) is 0.364. The summed E-state index contributed by atoms with van der Waals surface area (Å²) in [4.78, 5) is 25.6. The summed E-state index contributed by atoms with van der Waals surface area (Å²) in [5, 5.41) is 0. The molecule has 0 saturated carbocycles. The lowest BCUT2D eigenvalue weighted by Gasteiger charge is -2.11. The zero-order chi connectivity index (χ0) is 12.8. The van der Waals surface area contributed by atoms with Crippen LogP contribution in [-0.2, 0) is 19.1 Å². The number of carbonyl (C=O) groups is 2. The van der Waals surface area contributed by atoms with E-state index in [4.69, 9.17) is 4.74 Å². The van der Waals surface area contributed by atoms with Crippen molar-refractivity contribution in [3.05, 3.63) is 24.3 Å². The molecule has 1 rings (SSSR count). The first kappa shape index (κ1) is 13.0. The van der Waals surface area contributed by atoms with Crippen LogP contribution < -0.4 is 0 Å². The third-order valence-electron chi connectivity index (χ3n) is 1.97. The van der Waals surface area contributed by atoms with E-state index in [0.29, 0.717) is 5.69 Å². The average molecular weight is 238 g/mol. The second kappa shape index (κ2) is 5.83. The molecule has 1 aromatic heterocycles. The Morgan fingerprint density at radius 2 is 2.24 bits per heavy atom. The maximum absolute atomic E-state index is 10.9. The summed E-state index contributed by atoms with van der Waals surface area (Å²) < 4.78 is 11.0. The van der Waals surface area contributed by atoms with Crippen molar-refractivity contribution in [3.8, 4) is 0 Å². The maximum Gasteiger partial charge on any atom is 0.330 e. The van der Waals surface area contributed by atoms with Gasteiger partial charge in [0.25, 0.3) is 0 Å². The second-order valence-electron chi connectivity index (χ2n) is 3.31. The predicted octanol–water partition coefficient (Wildman–Crippen LogP) is 1.15. The molecule has 0 aromatic carbocycles. The van der Waals surface area contributed by atoms with Crippen LogP contribution in [0, 0.1) is 0 Å². The number of imidazole rings is 1. The van der Waals surface area contributed by atoms with Crippen molar-refractivity contribution in [2.24, 2.45) is 0 Å². The molecule has 0 aliphatic carbocycles. The fourth-order valence-corrected chi connectivity index (χ4v) is 1.16. The van der Waals surface area contributed by atoms with Crippen LogP contribution in [0.4, 0.5) is 0 Å². The maximum atomic E-state index is 10.9. The van der Waals surface area contributed by atoms with Crippen LogP contribution in [0.2, 0.25) is 0 Å². The quantitative estimate of drug-likeness (QED) is 0.581. The Morgan fingerprint density at radius 1 is 1.53 bits per heavy atom. The highest BCUT2D eigenvalue weighted by atomic mass is 16.6. The highest BCUT2D eigenvalue weighted by molar-refractivity contribution is 5.86. The first-order valence-electron chi connectivity index (χ1n) is 4.99. The number of methoxy groups -OCH3 is 1. The molecule has 0 aliphatic rings. The summed E-state index contributed by atoms with van der Waals surface area (Å²) in [5.41, 5.74) is 0.578. The summed E-state index contributed by atoms with van der Waals surface area (Å²) in [6.07, 6.45) is 5.53. The van der Waals surface area contributed by atoms with Crippen molar-refractivity contribution in [2.45, 2.75) is 20.1 Å². The predicted molar refractivity (Wildman–Crippen MR) is 59.8 cm³/mol. The third-order valence-corrected chi connectivity index (χ3v) is 1.97. The number of ether oxygens (including phenoxy) is 2. The van der Waals surface area contributed by atoms with Gasteiger partial charge >= 0.3 is 11.9 Å². The van der Waals surface area contributed by atoms with Gasteiger partial charge in [0.05, 0.1) is 19.1 Å². The van der Waals surface area contributed by atoms with Gasteiger partial charge in [0.15, 0.2) is 6.23 Å². The SMILES string of the molecule is COC(=O)/C=C/c1cn(C(C)OC(C)=O)cn1. The van der Waals surface area contributed by atoms with E-state index in [-0.39, 0.29) is 5.97 Å². The molecular weight excluding hydrogens is 224 g/mol. The highest BCUT2D eigenvalue weighted by Crippen LogP contribution is 2.09. The topological polar surface area (TPSA) is 70.4 Å². The molecule has 1 heterocycles. The Hall–Kier alpha value is -2.11. The molecule has 92 valence electrons. The Labute approximate surface area is 98.9 Å². The lowest BCUT2D eigenvalue weighted by Crippen LogP contribution is -2.10. The Kier molecular flexibility index (Phi) is 4.45. The van der Waals surface area contributed by atoms with E-state index >= 15 is 0 Å². The molecule has 0 fully saturated rings. The van der Waals surface area contributed by atoms with Crippen molar-refractivity contribution in [1.29, 1.82) is 0 Å². The van der Waals surface area contributed by atoms with Gasteiger partial charge in [-0.25, -0.2) is 9.78 Å². The number of hydrogen-bond acceptors (Lipinski definition) is 5. The van der Waals surface area contributed by atoms with Gasteiger partial charge in [-0.2, -0.15) is 0 Å². The second-order valence-corrected chi connectivity index (χ2v) is 3.31. The van der Waals surface area contributed by atoms with E-state index in [0.717, 1.165) is 0 Å². The molecule has 1 aromatic rings. The number of rotatable bonds is 4. The van der Waals surface area contributed by atoms with Crippen molar-refractivity contribution >= 4 is 18.0 Å². The van der Waals surface area contributed by atoms with E-state index < -0.39 is 12.2 Å². The minimum absolute atomic E-state index is 0.363. The number of esters is 2. The average Bonchev–Trinajstić information content (AvgIpc) is 2.73. The van der Waals surface area contributed by atoms with Crippen LogP contribution in [0.1, 0.15) is 25.8 Å². The summed E-state index contributed by atoms with van der Waals surface area (Å²) in [6, 6.07) is 0. The molecule has 6 nitrogen and oxygen atoms in total. The van der Waals surface area contributed by atoms with Crippen molar-refractivity contribution in [2.75, 3.05) is 7.11 Å². The molecule has 0 saturated heterocycles. The molecule has 0 bridgehead atoms. The molecule has 17 heavy (non-hydrogen) atoms. The number of carbonyl (C=O) groups excluding carboxylic acids is 2. The minimum Gasteiger partial charge on any atom is -0.466 e. The van der Waals surface area contributed by atoms with E-state index in [2.05, 4.69) is 9.72 Å². The lowest BCUT2D eigenvalue weighted by atomic mass is 10.4. The monoisotopic (exact) mass is 238 g/mol. The Morgan fingerprint density at radius 3 is 2.82 bits per heavy atom. The molecule has 6 heteroatoms. The van der Waals surface area contributed by atoms with Gasteiger partial charge in [0.1, 0.15) is 0 Å². The molecule has 0 radical (unpaired) electrons. The molecule has 1 atom stereocenters. The molecule has 1 unspecified atom stereocenters. The number of hydrogen-bond donors (Lipinski definition) is 0. The van der Waals surface area contributed by atoms with Crippen LogP contribution in [-0.4, -0.2) is 28.6 Å². The van der Waals surface area contributed by atoms with Gasteiger partial charge in [-0.05, 0) is 13.0 Å².